The monoisotopic (exact) mass is 279 g/mol. The lowest BCUT2D eigenvalue weighted by molar-refractivity contribution is 0.0226. The molecule has 0 amide bonds. The van der Waals surface area contributed by atoms with Gasteiger partial charge in [0.2, 0.25) is 0 Å². The van der Waals surface area contributed by atoms with Gasteiger partial charge in [0.25, 0.3) is 0 Å². The highest BCUT2D eigenvalue weighted by molar-refractivity contribution is 4.97. The number of fused-ring (bicyclic) bond motifs is 2. The van der Waals surface area contributed by atoms with Crippen molar-refractivity contribution in [3.05, 3.63) is 0 Å². The maximum absolute atomic E-state index is 6.04. The predicted octanol–water partition coefficient (Wildman–Crippen LogP) is 2.35. The van der Waals surface area contributed by atoms with Gasteiger partial charge in [-0.05, 0) is 64.2 Å². The third-order valence-corrected chi connectivity index (χ3v) is 6.03. The van der Waals surface area contributed by atoms with Crippen LogP contribution in [0.1, 0.15) is 58.8 Å². The average molecular weight is 279 g/mol. The van der Waals surface area contributed by atoms with Crippen molar-refractivity contribution in [2.75, 3.05) is 13.1 Å². The molecule has 3 nitrogen and oxygen atoms in total. The van der Waals surface area contributed by atoms with Gasteiger partial charge in [0, 0.05) is 37.3 Å². The molecule has 0 radical (unpaired) electrons. The molecule has 2 aliphatic carbocycles. The predicted molar refractivity (Wildman–Crippen MR) is 84.7 cm³/mol. The quantitative estimate of drug-likeness (QED) is 0.833. The lowest BCUT2D eigenvalue weighted by Crippen LogP contribution is -2.60. The standard InChI is InChI=1S/C17H33N3/c1-12(2)20-10-13-4-3-5-14(11-20)17(13)19-16-8-6-15(18)7-9-16/h12-17,19H,3-11,18H2,1-2H3. The van der Waals surface area contributed by atoms with Crippen molar-refractivity contribution in [2.45, 2.75) is 83.0 Å². The molecule has 0 spiro atoms. The van der Waals surface area contributed by atoms with Crippen molar-refractivity contribution in [1.82, 2.24) is 10.2 Å². The van der Waals surface area contributed by atoms with Gasteiger partial charge in [-0.15, -0.1) is 0 Å². The molecule has 1 heterocycles. The number of nitrogens with one attached hydrogen (secondary N) is 1. The summed E-state index contributed by atoms with van der Waals surface area (Å²) in [5.41, 5.74) is 6.04. The molecule has 3 N–H and O–H groups in total. The van der Waals surface area contributed by atoms with Crippen LogP contribution in [0.4, 0.5) is 0 Å². The van der Waals surface area contributed by atoms with Crippen LogP contribution >= 0.6 is 0 Å². The summed E-state index contributed by atoms with van der Waals surface area (Å²) in [6.45, 7) is 7.34. The van der Waals surface area contributed by atoms with Crippen LogP contribution in [-0.4, -0.2) is 42.2 Å². The van der Waals surface area contributed by atoms with E-state index >= 15 is 0 Å². The maximum atomic E-state index is 6.04. The van der Waals surface area contributed by atoms with Crippen LogP contribution in [0.3, 0.4) is 0 Å². The number of nitrogens with zero attached hydrogens (tertiary/aromatic N) is 1. The van der Waals surface area contributed by atoms with Crippen molar-refractivity contribution < 1.29 is 0 Å². The van der Waals surface area contributed by atoms with Crippen molar-refractivity contribution in [3.63, 3.8) is 0 Å². The summed E-state index contributed by atoms with van der Waals surface area (Å²) in [6, 6.07) is 2.72. The van der Waals surface area contributed by atoms with Crippen LogP contribution in [0.15, 0.2) is 0 Å². The fourth-order valence-electron chi connectivity index (χ4n) is 4.72. The summed E-state index contributed by atoms with van der Waals surface area (Å²) < 4.78 is 0. The molecule has 116 valence electrons. The minimum absolute atomic E-state index is 0.468. The third-order valence-electron chi connectivity index (χ3n) is 6.03. The van der Waals surface area contributed by atoms with Crippen LogP contribution in [0.2, 0.25) is 0 Å². The molecule has 2 unspecified atom stereocenters. The topological polar surface area (TPSA) is 41.3 Å². The number of nitrogens with two attached hydrogens (primary N) is 1. The summed E-state index contributed by atoms with van der Waals surface area (Å²) in [4.78, 5) is 2.71. The van der Waals surface area contributed by atoms with Gasteiger partial charge in [0.05, 0.1) is 0 Å². The van der Waals surface area contributed by atoms with Crippen LogP contribution < -0.4 is 11.1 Å². The summed E-state index contributed by atoms with van der Waals surface area (Å²) in [6.07, 6.45) is 9.36. The second kappa shape index (κ2) is 6.33. The van der Waals surface area contributed by atoms with Crippen molar-refractivity contribution in [2.24, 2.45) is 17.6 Å². The highest BCUT2D eigenvalue weighted by atomic mass is 15.2. The Morgan fingerprint density at radius 1 is 0.950 bits per heavy atom. The van der Waals surface area contributed by atoms with E-state index in [2.05, 4.69) is 24.1 Å². The molecule has 2 saturated carbocycles. The van der Waals surface area contributed by atoms with E-state index in [0.29, 0.717) is 12.1 Å². The molecule has 3 fully saturated rings. The van der Waals surface area contributed by atoms with Gasteiger partial charge in [-0.2, -0.15) is 0 Å². The third kappa shape index (κ3) is 3.20. The molecule has 1 saturated heterocycles. The summed E-state index contributed by atoms with van der Waals surface area (Å²) in [7, 11) is 0. The van der Waals surface area contributed by atoms with Gasteiger partial charge in [0.1, 0.15) is 0 Å². The zero-order valence-corrected chi connectivity index (χ0v) is 13.4. The Kier molecular flexibility index (Phi) is 4.68. The minimum Gasteiger partial charge on any atom is -0.328 e. The van der Waals surface area contributed by atoms with Gasteiger partial charge in [-0.25, -0.2) is 0 Å². The molecule has 0 aromatic rings. The molecule has 3 aliphatic rings. The molecule has 3 heteroatoms. The SMILES string of the molecule is CC(C)N1CC2CCCC(C1)C2NC1CCC(N)CC1. The summed E-state index contributed by atoms with van der Waals surface area (Å²) in [5.74, 6) is 1.78. The number of piperidine rings is 1. The van der Waals surface area contributed by atoms with Gasteiger partial charge >= 0.3 is 0 Å². The second-order valence-electron chi connectivity index (χ2n) is 7.80. The molecular formula is C17H33N3. The fraction of sp³-hybridized carbons (Fsp3) is 1.00. The Morgan fingerprint density at radius 3 is 2.10 bits per heavy atom. The van der Waals surface area contributed by atoms with E-state index in [1.54, 1.807) is 0 Å². The molecule has 2 atom stereocenters. The normalized spacial score (nSPS) is 42.9. The molecule has 0 aromatic heterocycles. The first-order valence-corrected chi connectivity index (χ1v) is 8.89. The first-order valence-electron chi connectivity index (χ1n) is 8.89. The van der Waals surface area contributed by atoms with Gasteiger partial charge in [0.15, 0.2) is 0 Å². The fourth-order valence-corrected chi connectivity index (χ4v) is 4.72. The average Bonchev–Trinajstić information content (AvgIpc) is 2.40. The zero-order chi connectivity index (χ0) is 14.1. The molecular weight excluding hydrogens is 246 g/mol. The first-order chi connectivity index (χ1) is 9.63. The van der Waals surface area contributed by atoms with Crippen LogP contribution in [0.5, 0.6) is 0 Å². The number of rotatable bonds is 3. The van der Waals surface area contributed by atoms with Crippen molar-refractivity contribution in [1.29, 1.82) is 0 Å². The number of hydrogen-bond acceptors (Lipinski definition) is 3. The van der Waals surface area contributed by atoms with E-state index < -0.39 is 0 Å². The summed E-state index contributed by atoms with van der Waals surface area (Å²) >= 11 is 0. The van der Waals surface area contributed by atoms with Crippen LogP contribution in [0, 0.1) is 11.8 Å². The Morgan fingerprint density at radius 2 is 1.55 bits per heavy atom. The van der Waals surface area contributed by atoms with E-state index in [9.17, 15) is 0 Å². The Hall–Kier alpha value is -0.120. The van der Waals surface area contributed by atoms with E-state index in [4.69, 9.17) is 5.73 Å². The Labute approximate surface area is 124 Å². The number of hydrogen-bond donors (Lipinski definition) is 2. The highest BCUT2D eigenvalue weighted by Gasteiger charge is 2.40. The molecule has 20 heavy (non-hydrogen) atoms. The van der Waals surface area contributed by atoms with E-state index in [1.807, 2.05) is 0 Å². The highest BCUT2D eigenvalue weighted by Crippen LogP contribution is 2.36. The molecule has 3 rings (SSSR count). The lowest BCUT2D eigenvalue weighted by atomic mass is 9.72. The summed E-state index contributed by atoms with van der Waals surface area (Å²) in [5, 5.41) is 4.06. The van der Waals surface area contributed by atoms with E-state index in [0.717, 1.165) is 23.9 Å². The van der Waals surface area contributed by atoms with Gasteiger partial charge in [-0.1, -0.05) is 6.42 Å². The van der Waals surface area contributed by atoms with Gasteiger partial charge in [-0.3, -0.25) is 0 Å². The zero-order valence-electron chi connectivity index (χ0n) is 13.4. The maximum Gasteiger partial charge on any atom is 0.0151 e. The van der Waals surface area contributed by atoms with E-state index in [-0.39, 0.29) is 0 Å². The molecule has 0 aromatic carbocycles. The van der Waals surface area contributed by atoms with Crippen LogP contribution in [-0.2, 0) is 0 Å². The largest absolute Gasteiger partial charge is 0.328 e. The second-order valence-corrected chi connectivity index (χ2v) is 7.80. The minimum atomic E-state index is 0.468. The van der Waals surface area contributed by atoms with Crippen molar-refractivity contribution >= 4 is 0 Å². The first kappa shape index (κ1) is 14.8. The Balaban J connectivity index is 1.59. The van der Waals surface area contributed by atoms with E-state index in [1.165, 1.54) is 58.0 Å². The molecule has 1 aliphatic heterocycles. The van der Waals surface area contributed by atoms with Crippen molar-refractivity contribution in [3.8, 4) is 0 Å². The molecule has 2 bridgehead atoms. The number of likely N-dealkylation sites (tertiary alicyclic amines) is 1. The Bertz CT molecular complexity index is 295. The lowest BCUT2D eigenvalue weighted by Gasteiger charge is -2.50. The van der Waals surface area contributed by atoms with Crippen LogP contribution in [0.25, 0.3) is 0 Å². The van der Waals surface area contributed by atoms with Gasteiger partial charge < -0.3 is 16.0 Å². The smallest absolute Gasteiger partial charge is 0.0151 e.